The minimum absolute atomic E-state index is 0.305. The summed E-state index contributed by atoms with van der Waals surface area (Å²) >= 11 is 0. The van der Waals surface area contributed by atoms with Crippen molar-refractivity contribution in [1.29, 1.82) is 0 Å². The van der Waals surface area contributed by atoms with E-state index in [4.69, 9.17) is 5.11 Å². The molecule has 0 radical (unpaired) electrons. The predicted octanol–water partition coefficient (Wildman–Crippen LogP) is 0.599. The molecule has 1 fully saturated rings. The maximum absolute atomic E-state index is 9.04. The van der Waals surface area contributed by atoms with E-state index in [1.807, 2.05) is 13.0 Å². The lowest BCUT2D eigenvalue weighted by molar-refractivity contribution is 0.219. The summed E-state index contributed by atoms with van der Waals surface area (Å²) < 4.78 is 0. The maximum atomic E-state index is 9.04. The topological polar surface area (TPSA) is 49.2 Å². The van der Waals surface area contributed by atoms with Crippen LogP contribution in [0.4, 0.5) is 0 Å². The molecule has 15 heavy (non-hydrogen) atoms. The van der Waals surface area contributed by atoms with Gasteiger partial charge >= 0.3 is 0 Å². The van der Waals surface area contributed by atoms with E-state index in [-0.39, 0.29) is 0 Å². The van der Waals surface area contributed by atoms with E-state index in [0.29, 0.717) is 12.5 Å². The molecule has 1 atom stereocenters. The Bertz CT molecular complexity index is 329. The lowest BCUT2D eigenvalue weighted by Crippen LogP contribution is -2.21. The number of hydrogen-bond acceptors (Lipinski definition) is 4. The third-order valence-corrected chi connectivity index (χ3v) is 2.85. The molecule has 0 saturated carbocycles. The first-order valence-corrected chi connectivity index (χ1v) is 5.39. The second-order valence-corrected chi connectivity index (χ2v) is 4.17. The third kappa shape index (κ3) is 2.73. The Morgan fingerprint density at radius 2 is 2.47 bits per heavy atom. The van der Waals surface area contributed by atoms with Crippen LogP contribution in [-0.4, -0.2) is 39.7 Å². The van der Waals surface area contributed by atoms with E-state index in [1.54, 1.807) is 6.20 Å². The Morgan fingerprint density at radius 3 is 3.13 bits per heavy atom. The number of aliphatic hydroxyl groups excluding tert-OH is 1. The fourth-order valence-corrected chi connectivity index (χ4v) is 2.03. The standard InChI is InChI=1S/C11H17N3O/c1-9-12-4-2-11(13-9)7-14-5-3-10(6-14)8-15/h2,4,10,15H,3,5-8H2,1H3. The summed E-state index contributed by atoms with van der Waals surface area (Å²) in [6.45, 7) is 5.14. The Hall–Kier alpha value is -1.00. The summed E-state index contributed by atoms with van der Waals surface area (Å²) in [7, 11) is 0. The van der Waals surface area contributed by atoms with Gasteiger partial charge in [-0.15, -0.1) is 0 Å². The molecule has 0 aromatic carbocycles. The van der Waals surface area contributed by atoms with Crippen molar-refractivity contribution < 1.29 is 5.11 Å². The van der Waals surface area contributed by atoms with E-state index in [1.165, 1.54) is 0 Å². The van der Waals surface area contributed by atoms with Crippen LogP contribution in [0.15, 0.2) is 12.3 Å². The second-order valence-electron chi connectivity index (χ2n) is 4.17. The molecule has 2 heterocycles. The number of rotatable bonds is 3. The largest absolute Gasteiger partial charge is 0.396 e. The molecular weight excluding hydrogens is 190 g/mol. The average Bonchev–Trinajstić information content (AvgIpc) is 2.65. The van der Waals surface area contributed by atoms with Crippen LogP contribution in [0, 0.1) is 12.8 Å². The first kappa shape index (κ1) is 10.5. The van der Waals surface area contributed by atoms with E-state index in [2.05, 4.69) is 14.9 Å². The van der Waals surface area contributed by atoms with Gasteiger partial charge in [0, 0.05) is 25.9 Å². The number of aryl methyl sites for hydroxylation is 1. The van der Waals surface area contributed by atoms with Gasteiger partial charge in [-0.2, -0.15) is 0 Å². The summed E-state index contributed by atoms with van der Waals surface area (Å²) in [5, 5.41) is 9.04. The van der Waals surface area contributed by atoms with Gasteiger partial charge in [0.1, 0.15) is 5.82 Å². The Balaban J connectivity index is 1.92. The molecule has 0 bridgehead atoms. The van der Waals surface area contributed by atoms with Crippen LogP contribution in [0.2, 0.25) is 0 Å². The first-order valence-electron chi connectivity index (χ1n) is 5.39. The Kier molecular flexibility index (Phi) is 3.28. The van der Waals surface area contributed by atoms with Crippen LogP contribution in [0.3, 0.4) is 0 Å². The van der Waals surface area contributed by atoms with Gasteiger partial charge in [-0.1, -0.05) is 0 Å². The highest BCUT2D eigenvalue weighted by Gasteiger charge is 2.21. The molecule has 1 aromatic heterocycles. The van der Waals surface area contributed by atoms with E-state index in [9.17, 15) is 0 Å². The quantitative estimate of drug-likeness (QED) is 0.788. The molecule has 82 valence electrons. The van der Waals surface area contributed by atoms with Crippen molar-refractivity contribution in [1.82, 2.24) is 14.9 Å². The van der Waals surface area contributed by atoms with Crippen LogP contribution in [0.5, 0.6) is 0 Å². The summed E-state index contributed by atoms with van der Waals surface area (Å²) in [6, 6.07) is 1.96. The monoisotopic (exact) mass is 207 g/mol. The smallest absolute Gasteiger partial charge is 0.125 e. The summed E-state index contributed by atoms with van der Waals surface area (Å²) in [4.78, 5) is 10.8. The molecule has 1 N–H and O–H groups in total. The highest BCUT2D eigenvalue weighted by molar-refractivity contribution is 5.01. The van der Waals surface area contributed by atoms with E-state index < -0.39 is 0 Å². The van der Waals surface area contributed by atoms with Crippen LogP contribution >= 0.6 is 0 Å². The van der Waals surface area contributed by atoms with Crippen LogP contribution in [0.1, 0.15) is 17.9 Å². The molecule has 4 heteroatoms. The van der Waals surface area contributed by atoms with Crippen molar-refractivity contribution in [3.05, 3.63) is 23.8 Å². The zero-order chi connectivity index (χ0) is 10.7. The lowest BCUT2D eigenvalue weighted by Gasteiger charge is -2.14. The minimum Gasteiger partial charge on any atom is -0.396 e. The zero-order valence-electron chi connectivity index (χ0n) is 9.06. The Morgan fingerprint density at radius 1 is 1.60 bits per heavy atom. The molecule has 0 aliphatic carbocycles. The van der Waals surface area contributed by atoms with Crippen molar-refractivity contribution >= 4 is 0 Å². The average molecular weight is 207 g/mol. The number of nitrogens with zero attached hydrogens (tertiary/aromatic N) is 3. The molecule has 2 rings (SSSR count). The van der Waals surface area contributed by atoms with E-state index >= 15 is 0 Å². The van der Waals surface area contributed by atoms with Crippen molar-refractivity contribution in [3.8, 4) is 0 Å². The Labute approximate surface area is 90.0 Å². The van der Waals surface area contributed by atoms with E-state index in [0.717, 1.165) is 37.6 Å². The molecule has 1 unspecified atom stereocenters. The van der Waals surface area contributed by atoms with Crippen molar-refractivity contribution in [2.24, 2.45) is 5.92 Å². The fraction of sp³-hybridized carbons (Fsp3) is 0.636. The second kappa shape index (κ2) is 4.68. The maximum Gasteiger partial charge on any atom is 0.125 e. The first-order chi connectivity index (χ1) is 7.28. The summed E-state index contributed by atoms with van der Waals surface area (Å²) in [5.74, 6) is 1.28. The summed E-state index contributed by atoms with van der Waals surface area (Å²) in [6.07, 6.45) is 2.90. The van der Waals surface area contributed by atoms with Gasteiger partial charge in [0.15, 0.2) is 0 Å². The van der Waals surface area contributed by atoms with Gasteiger partial charge in [0.05, 0.1) is 5.69 Å². The van der Waals surface area contributed by atoms with Gasteiger partial charge < -0.3 is 5.11 Å². The molecular formula is C11H17N3O. The molecule has 1 aliphatic rings. The van der Waals surface area contributed by atoms with Gasteiger partial charge in [-0.05, 0) is 31.9 Å². The van der Waals surface area contributed by atoms with Gasteiger partial charge in [0.25, 0.3) is 0 Å². The van der Waals surface area contributed by atoms with Gasteiger partial charge in [-0.25, -0.2) is 9.97 Å². The normalized spacial score (nSPS) is 22.1. The van der Waals surface area contributed by atoms with Crippen LogP contribution in [0.25, 0.3) is 0 Å². The molecule has 1 saturated heterocycles. The van der Waals surface area contributed by atoms with Crippen molar-refractivity contribution in [2.45, 2.75) is 19.9 Å². The fourth-order valence-electron chi connectivity index (χ4n) is 2.03. The van der Waals surface area contributed by atoms with Crippen molar-refractivity contribution in [3.63, 3.8) is 0 Å². The van der Waals surface area contributed by atoms with Gasteiger partial charge in [0.2, 0.25) is 0 Å². The molecule has 1 aliphatic heterocycles. The number of aromatic nitrogens is 2. The molecule has 1 aromatic rings. The molecule has 0 spiro atoms. The minimum atomic E-state index is 0.305. The lowest BCUT2D eigenvalue weighted by atomic mass is 10.1. The number of hydrogen-bond donors (Lipinski definition) is 1. The SMILES string of the molecule is Cc1nccc(CN2CCC(CO)C2)n1. The van der Waals surface area contributed by atoms with Crippen molar-refractivity contribution in [2.75, 3.05) is 19.7 Å². The van der Waals surface area contributed by atoms with Crippen LogP contribution in [-0.2, 0) is 6.54 Å². The highest BCUT2D eigenvalue weighted by atomic mass is 16.3. The van der Waals surface area contributed by atoms with Crippen LogP contribution < -0.4 is 0 Å². The van der Waals surface area contributed by atoms with Gasteiger partial charge in [-0.3, -0.25) is 4.90 Å². The zero-order valence-corrected chi connectivity index (χ0v) is 9.06. The number of aliphatic hydroxyl groups is 1. The highest BCUT2D eigenvalue weighted by Crippen LogP contribution is 2.17. The third-order valence-electron chi connectivity index (χ3n) is 2.85. The molecule has 4 nitrogen and oxygen atoms in total. The predicted molar refractivity (Wildman–Crippen MR) is 57.2 cm³/mol. The molecule has 0 amide bonds. The number of likely N-dealkylation sites (tertiary alicyclic amines) is 1. The summed E-state index contributed by atoms with van der Waals surface area (Å²) in [5.41, 5.74) is 1.07.